The summed E-state index contributed by atoms with van der Waals surface area (Å²) in [6, 6.07) is 18.6. The van der Waals surface area contributed by atoms with Crippen LogP contribution in [0.25, 0.3) is 0 Å². The first kappa shape index (κ1) is 14.6. The van der Waals surface area contributed by atoms with E-state index in [1.807, 2.05) is 60.7 Å². The lowest BCUT2D eigenvalue weighted by atomic mass is 10.0. The predicted molar refractivity (Wildman–Crippen MR) is 74.6 cm³/mol. The maximum absolute atomic E-state index is 11.8. The summed E-state index contributed by atoms with van der Waals surface area (Å²) in [6.07, 6.45) is 0. The maximum atomic E-state index is 11.8. The summed E-state index contributed by atoms with van der Waals surface area (Å²) in [6.45, 7) is -0.0556. The van der Waals surface area contributed by atoms with Crippen molar-refractivity contribution < 1.29 is 9.59 Å². The van der Waals surface area contributed by atoms with Crippen LogP contribution in [0.4, 0.5) is 0 Å². The van der Waals surface area contributed by atoms with Gasteiger partial charge in [-0.3, -0.25) is 9.59 Å². The first-order chi connectivity index (χ1) is 9.15. The van der Waals surface area contributed by atoms with Gasteiger partial charge in [0.2, 0.25) is 5.91 Å². The summed E-state index contributed by atoms with van der Waals surface area (Å²) in [5.74, 6) is -0.392. The second kappa shape index (κ2) is 7.79. The van der Waals surface area contributed by atoms with Gasteiger partial charge in [0.05, 0.1) is 6.54 Å². The van der Waals surface area contributed by atoms with Gasteiger partial charge in [0.15, 0.2) is 5.78 Å². The van der Waals surface area contributed by atoms with E-state index in [-0.39, 0.29) is 12.3 Å². The smallest absolute Gasteiger partial charge is 0.231 e. The Morgan fingerprint density at radius 2 is 1.11 bits per heavy atom. The van der Waals surface area contributed by atoms with E-state index in [9.17, 15) is 9.59 Å². The van der Waals surface area contributed by atoms with Crippen molar-refractivity contribution in [3.05, 3.63) is 71.8 Å². The molecular weight excluding hydrogens is 240 g/mol. The lowest BCUT2D eigenvalue weighted by Gasteiger charge is -1.99. The van der Waals surface area contributed by atoms with Crippen LogP contribution >= 0.6 is 0 Å². The Balaban J connectivity index is 0.000000312. The van der Waals surface area contributed by atoms with Crippen molar-refractivity contribution >= 4 is 11.7 Å². The second-order valence-corrected chi connectivity index (χ2v) is 3.73. The van der Waals surface area contributed by atoms with E-state index >= 15 is 0 Å². The van der Waals surface area contributed by atoms with Crippen molar-refractivity contribution in [2.45, 2.75) is 0 Å². The number of benzene rings is 2. The third-order valence-electron chi connectivity index (χ3n) is 2.27. The molecule has 19 heavy (non-hydrogen) atoms. The fourth-order valence-corrected chi connectivity index (χ4v) is 1.35. The summed E-state index contributed by atoms with van der Waals surface area (Å²) in [5.41, 5.74) is 10.7. The van der Waals surface area contributed by atoms with Gasteiger partial charge in [-0.1, -0.05) is 60.7 Å². The minimum Gasteiger partial charge on any atom is -0.369 e. The van der Waals surface area contributed by atoms with Gasteiger partial charge < -0.3 is 11.5 Å². The Labute approximate surface area is 112 Å². The van der Waals surface area contributed by atoms with Crippen molar-refractivity contribution in [1.82, 2.24) is 0 Å². The standard InChI is InChI=1S/C13H10O.C2H6N2O/c14-13(11-7-3-1-4-8-11)12-9-5-2-6-10-12;3-1-2(4)5/h1-10H;1,3H2,(H2,4,5). The molecule has 0 heterocycles. The number of amides is 1. The fraction of sp³-hybridized carbons (Fsp3) is 0.0667. The van der Waals surface area contributed by atoms with Crippen LogP contribution in [0.5, 0.6) is 0 Å². The second-order valence-electron chi connectivity index (χ2n) is 3.73. The van der Waals surface area contributed by atoms with Crippen LogP contribution in [0.2, 0.25) is 0 Å². The number of nitrogens with two attached hydrogens (primary N) is 2. The molecule has 0 fully saturated rings. The number of ketones is 1. The Hall–Kier alpha value is -2.46. The molecule has 0 spiro atoms. The lowest BCUT2D eigenvalue weighted by molar-refractivity contribution is -0.116. The minimum absolute atomic E-state index is 0.0556. The summed E-state index contributed by atoms with van der Waals surface area (Å²) < 4.78 is 0. The largest absolute Gasteiger partial charge is 0.369 e. The van der Waals surface area contributed by atoms with Crippen molar-refractivity contribution in [3.63, 3.8) is 0 Å². The number of hydrogen-bond donors (Lipinski definition) is 2. The molecule has 0 aromatic heterocycles. The first-order valence-corrected chi connectivity index (χ1v) is 5.78. The number of carbonyl (C=O) groups excluding carboxylic acids is 2. The number of primary amides is 1. The molecule has 0 aliphatic heterocycles. The van der Waals surface area contributed by atoms with Gasteiger partial charge >= 0.3 is 0 Å². The first-order valence-electron chi connectivity index (χ1n) is 5.78. The molecule has 0 bridgehead atoms. The average molecular weight is 256 g/mol. The van der Waals surface area contributed by atoms with E-state index in [1.54, 1.807) is 0 Å². The van der Waals surface area contributed by atoms with Crippen LogP contribution in [0.1, 0.15) is 15.9 Å². The lowest BCUT2D eigenvalue weighted by Crippen LogP contribution is -2.21. The molecule has 0 aliphatic rings. The molecule has 0 saturated heterocycles. The van der Waals surface area contributed by atoms with Gasteiger partial charge in [0.1, 0.15) is 0 Å². The summed E-state index contributed by atoms with van der Waals surface area (Å²) in [4.78, 5) is 21.3. The van der Waals surface area contributed by atoms with Crippen molar-refractivity contribution in [1.29, 1.82) is 0 Å². The predicted octanol–water partition coefficient (Wildman–Crippen LogP) is 1.35. The van der Waals surface area contributed by atoms with Gasteiger partial charge in [0.25, 0.3) is 0 Å². The average Bonchev–Trinajstić information content (AvgIpc) is 2.49. The molecule has 0 unspecified atom stereocenters. The normalized spacial score (nSPS) is 9.11. The topological polar surface area (TPSA) is 86.2 Å². The molecule has 0 radical (unpaired) electrons. The summed E-state index contributed by atoms with van der Waals surface area (Å²) in [7, 11) is 0. The van der Waals surface area contributed by atoms with Gasteiger partial charge in [-0.15, -0.1) is 0 Å². The number of hydrogen-bond acceptors (Lipinski definition) is 3. The molecule has 2 aromatic rings. The van der Waals surface area contributed by atoms with E-state index < -0.39 is 5.91 Å². The van der Waals surface area contributed by atoms with E-state index in [1.165, 1.54) is 0 Å². The molecule has 0 atom stereocenters. The SMILES string of the molecule is NCC(N)=O.O=C(c1ccccc1)c1ccccc1. The third kappa shape index (κ3) is 5.14. The number of rotatable bonds is 3. The molecule has 4 heteroatoms. The van der Waals surface area contributed by atoms with Crippen LogP contribution in [0, 0.1) is 0 Å². The highest BCUT2D eigenvalue weighted by atomic mass is 16.1. The maximum Gasteiger partial charge on any atom is 0.231 e. The zero-order chi connectivity index (χ0) is 14.1. The van der Waals surface area contributed by atoms with Gasteiger partial charge in [0, 0.05) is 11.1 Å². The van der Waals surface area contributed by atoms with E-state index in [2.05, 4.69) is 5.73 Å². The van der Waals surface area contributed by atoms with Gasteiger partial charge in [-0.05, 0) is 0 Å². The van der Waals surface area contributed by atoms with Crippen LogP contribution in [-0.2, 0) is 4.79 Å². The Kier molecular flexibility index (Phi) is 5.98. The zero-order valence-corrected chi connectivity index (χ0v) is 10.5. The van der Waals surface area contributed by atoms with Gasteiger partial charge in [-0.25, -0.2) is 0 Å². The Bertz CT molecular complexity index is 483. The Morgan fingerprint density at radius 1 is 0.789 bits per heavy atom. The monoisotopic (exact) mass is 256 g/mol. The highest BCUT2D eigenvalue weighted by Crippen LogP contribution is 2.08. The van der Waals surface area contributed by atoms with Crippen LogP contribution in [-0.4, -0.2) is 18.2 Å². The minimum atomic E-state index is -0.468. The molecule has 4 N–H and O–H groups in total. The molecule has 0 saturated carbocycles. The molecule has 98 valence electrons. The molecular formula is C15H16N2O2. The van der Waals surface area contributed by atoms with Gasteiger partial charge in [-0.2, -0.15) is 0 Å². The van der Waals surface area contributed by atoms with E-state index in [0.29, 0.717) is 0 Å². The molecule has 1 amide bonds. The van der Waals surface area contributed by atoms with E-state index in [0.717, 1.165) is 11.1 Å². The third-order valence-corrected chi connectivity index (χ3v) is 2.27. The highest BCUT2D eigenvalue weighted by molar-refractivity contribution is 6.08. The highest BCUT2D eigenvalue weighted by Gasteiger charge is 2.06. The number of carbonyl (C=O) groups is 2. The Morgan fingerprint density at radius 3 is 1.37 bits per heavy atom. The summed E-state index contributed by atoms with van der Waals surface area (Å²) >= 11 is 0. The van der Waals surface area contributed by atoms with Crippen LogP contribution < -0.4 is 11.5 Å². The molecule has 0 aliphatic carbocycles. The van der Waals surface area contributed by atoms with E-state index in [4.69, 9.17) is 5.73 Å². The zero-order valence-electron chi connectivity index (χ0n) is 10.5. The fourth-order valence-electron chi connectivity index (χ4n) is 1.35. The molecule has 4 nitrogen and oxygen atoms in total. The van der Waals surface area contributed by atoms with Crippen LogP contribution in [0.15, 0.2) is 60.7 Å². The van der Waals surface area contributed by atoms with Crippen molar-refractivity contribution in [3.8, 4) is 0 Å². The van der Waals surface area contributed by atoms with Crippen molar-refractivity contribution in [2.75, 3.05) is 6.54 Å². The quantitative estimate of drug-likeness (QED) is 0.813. The molecule has 2 aromatic carbocycles. The summed E-state index contributed by atoms with van der Waals surface area (Å²) in [5, 5.41) is 0. The molecule has 2 rings (SSSR count). The van der Waals surface area contributed by atoms with Crippen LogP contribution in [0.3, 0.4) is 0 Å². The van der Waals surface area contributed by atoms with Crippen molar-refractivity contribution in [2.24, 2.45) is 11.5 Å².